The van der Waals surface area contributed by atoms with Crippen molar-refractivity contribution < 1.29 is 9.59 Å². The predicted molar refractivity (Wildman–Crippen MR) is 87.6 cm³/mol. The van der Waals surface area contributed by atoms with Gasteiger partial charge in [0.05, 0.1) is 5.57 Å². The fourth-order valence-corrected chi connectivity index (χ4v) is 3.99. The normalized spacial score (nSPS) is 26.8. The first-order valence-electron chi connectivity index (χ1n) is 7.71. The van der Waals surface area contributed by atoms with E-state index in [9.17, 15) is 9.59 Å². The summed E-state index contributed by atoms with van der Waals surface area (Å²) >= 11 is 0. The summed E-state index contributed by atoms with van der Waals surface area (Å²) < 4.78 is 0. The van der Waals surface area contributed by atoms with Gasteiger partial charge in [0.1, 0.15) is 6.04 Å². The lowest BCUT2D eigenvalue weighted by Crippen LogP contribution is -2.46. The molecule has 3 nitrogen and oxygen atoms in total. The summed E-state index contributed by atoms with van der Waals surface area (Å²) in [6, 6.07) is 7.12. The molecule has 3 heteroatoms. The number of Topliss-reactive ketones (excluding diaryl/α,β-unsaturated/α-hetero) is 2. The van der Waals surface area contributed by atoms with Crippen molar-refractivity contribution in [3.8, 4) is 0 Å². The Bertz CT molecular complexity index is 940. The van der Waals surface area contributed by atoms with Crippen LogP contribution in [0.3, 0.4) is 0 Å². The Morgan fingerprint density at radius 3 is 2.65 bits per heavy atom. The molecule has 23 heavy (non-hydrogen) atoms. The van der Waals surface area contributed by atoms with Crippen LogP contribution in [-0.2, 0) is 4.79 Å². The molecule has 1 aromatic carbocycles. The maximum Gasteiger partial charge on any atom is 0.197 e. The maximum absolute atomic E-state index is 13.0. The molecule has 4 aliphatic rings. The molecule has 1 aliphatic heterocycles. The molecule has 0 spiro atoms. The average molecular weight is 299 g/mol. The lowest BCUT2D eigenvalue weighted by molar-refractivity contribution is -0.116. The standard InChI is InChI=1S/C20H13NO2/c22-19-15-6-2-1-5-11(15)12-7-3-8-13-14-9-4-10-21-18(14)20(23)17(19)16(12)13/h1-10,13,18,21H. The summed E-state index contributed by atoms with van der Waals surface area (Å²) in [6.45, 7) is 0. The molecule has 1 N–H and O–H groups in total. The van der Waals surface area contributed by atoms with Crippen LogP contribution in [0.2, 0.25) is 0 Å². The number of rotatable bonds is 0. The van der Waals surface area contributed by atoms with Gasteiger partial charge in [-0.15, -0.1) is 0 Å². The minimum Gasteiger partial charge on any atom is -0.378 e. The van der Waals surface area contributed by atoms with E-state index in [-0.39, 0.29) is 17.5 Å². The van der Waals surface area contributed by atoms with E-state index >= 15 is 0 Å². The van der Waals surface area contributed by atoms with E-state index in [4.69, 9.17) is 0 Å². The summed E-state index contributed by atoms with van der Waals surface area (Å²) in [5, 5.41) is 3.11. The quantitative estimate of drug-likeness (QED) is 0.749. The van der Waals surface area contributed by atoms with Gasteiger partial charge in [0.25, 0.3) is 0 Å². The third-order valence-corrected chi connectivity index (χ3v) is 4.97. The van der Waals surface area contributed by atoms with Crippen molar-refractivity contribution in [1.82, 2.24) is 5.32 Å². The summed E-state index contributed by atoms with van der Waals surface area (Å²) in [5.41, 5.74) is 4.81. The van der Waals surface area contributed by atoms with Crippen LogP contribution in [-0.4, -0.2) is 17.6 Å². The highest BCUT2D eigenvalue weighted by Crippen LogP contribution is 2.48. The molecule has 0 saturated carbocycles. The molecule has 0 saturated heterocycles. The van der Waals surface area contributed by atoms with Crippen molar-refractivity contribution in [2.45, 2.75) is 6.04 Å². The molecule has 5 rings (SSSR count). The van der Waals surface area contributed by atoms with E-state index in [0.717, 1.165) is 22.3 Å². The predicted octanol–water partition coefficient (Wildman–Crippen LogP) is 2.74. The number of hydrogen-bond donors (Lipinski definition) is 1. The molecule has 0 radical (unpaired) electrons. The first-order chi connectivity index (χ1) is 11.3. The van der Waals surface area contributed by atoms with Crippen molar-refractivity contribution in [2.75, 3.05) is 0 Å². The second-order valence-corrected chi connectivity index (χ2v) is 6.10. The van der Waals surface area contributed by atoms with Crippen LogP contribution < -0.4 is 5.32 Å². The second-order valence-electron chi connectivity index (χ2n) is 6.10. The second kappa shape index (κ2) is 4.29. The van der Waals surface area contributed by atoms with Crippen molar-refractivity contribution >= 4 is 17.1 Å². The third kappa shape index (κ3) is 1.49. The van der Waals surface area contributed by atoms with Gasteiger partial charge in [-0.25, -0.2) is 0 Å². The molecule has 0 fully saturated rings. The molecule has 3 aliphatic carbocycles. The number of fused-ring (bicyclic) bond motifs is 4. The number of benzene rings is 1. The zero-order valence-corrected chi connectivity index (χ0v) is 12.2. The van der Waals surface area contributed by atoms with Crippen molar-refractivity contribution in [3.63, 3.8) is 0 Å². The number of carbonyl (C=O) groups is 2. The number of ketones is 2. The van der Waals surface area contributed by atoms with Crippen LogP contribution in [0, 0.1) is 5.92 Å². The van der Waals surface area contributed by atoms with Gasteiger partial charge in [-0.3, -0.25) is 9.59 Å². The van der Waals surface area contributed by atoms with Gasteiger partial charge in [0.2, 0.25) is 0 Å². The van der Waals surface area contributed by atoms with Crippen LogP contribution in [0.5, 0.6) is 0 Å². The van der Waals surface area contributed by atoms with Crippen molar-refractivity contribution in [1.29, 1.82) is 0 Å². The summed E-state index contributed by atoms with van der Waals surface area (Å²) in [4.78, 5) is 25.9. The first kappa shape index (κ1) is 12.6. The maximum atomic E-state index is 13.0. The molecular formula is C20H13NO2. The van der Waals surface area contributed by atoms with E-state index < -0.39 is 6.04 Å². The molecule has 1 aromatic rings. The van der Waals surface area contributed by atoms with Gasteiger partial charge in [0, 0.05) is 11.5 Å². The summed E-state index contributed by atoms with van der Waals surface area (Å²) in [7, 11) is 0. The molecule has 2 atom stereocenters. The minimum absolute atomic E-state index is 0.0116. The molecule has 0 amide bonds. The van der Waals surface area contributed by atoms with E-state index in [2.05, 4.69) is 11.4 Å². The Labute approximate surface area is 133 Å². The third-order valence-electron chi connectivity index (χ3n) is 4.97. The lowest BCUT2D eigenvalue weighted by atomic mass is 9.65. The largest absolute Gasteiger partial charge is 0.378 e. The topological polar surface area (TPSA) is 46.2 Å². The van der Waals surface area contributed by atoms with Crippen molar-refractivity contribution in [3.05, 3.63) is 88.7 Å². The van der Waals surface area contributed by atoms with Crippen LogP contribution in [0.25, 0.3) is 5.57 Å². The first-order valence-corrected chi connectivity index (χ1v) is 7.71. The van der Waals surface area contributed by atoms with E-state index in [0.29, 0.717) is 11.1 Å². The zero-order valence-electron chi connectivity index (χ0n) is 12.2. The van der Waals surface area contributed by atoms with Gasteiger partial charge in [-0.2, -0.15) is 0 Å². The fraction of sp³-hybridized carbons (Fsp3) is 0.100. The number of allylic oxidation sites excluding steroid dienone is 7. The fourth-order valence-electron chi connectivity index (χ4n) is 3.99. The van der Waals surface area contributed by atoms with E-state index in [1.807, 2.05) is 48.6 Å². The Hall–Kier alpha value is -2.94. The Balaban J connectivity index is 1.84. The summed E-state index contributed by atoms with van der Waals surface area (Å²) in [6.07, 6.45) is 11.8. The van der Waals surface area contributed by atoms with E-state index in [1.165, 1.54) is 0 Å². The van der Waals surface area contributed by atoms with Gasteiger partial charge < -0.3 is 5.32 Å². The molecule has 0 aromatic heterocycles. The summed E-state index contributed by atoms with van der Waals surface area (Å²) in [5.74, 6) is -0.275. The Morgan fingerprint density at radius 1 is 0.957 bits per heavy atom. The Kier molecular flexibility index (Phi) is 2.35. The molecule has 110 valence electrons. The highest BCUT2D eigenvalue weighted by atomic mass is 16.2. The SMILES string of the molecule is O=C1C2=C3C(=CC=CC3C3=CC=CNC3C2=O)c2ccccc21. The van der Waals surface area contributed by atoms with Gasteiger partial charge >= 0.3 is 0 Å². The smallest absolute Gasteiger partial charge is 0.197 e. The van der Waals surface area contributed by atoms with Crippen molar-refractivity contribution in [2.24, 2.45) is 5.92 Å². The highest BCUT2D eigenvalue weighted by molar-refractivity contribution is 6.34. The average Bonchev–Trinajstić information content (AvgIpc) is 2.61. The van der Waals surface area contributed by atoms with Gasteiger partial charge in [-0.05, 0) is 34.6 Å². The van der Waals surface area contributed by atoms with Crippen LogP contribution >= 0.6 is 0 Å². The Morgan fingerprint density at radius 2 is 1.78 bits per heavy atom. The molecule has 1 heterocycles. The van der Waals surface area contributed by atoms with Crippen LogP contribution in [0.15, 0.2) is 77.6 Å². The van der Waals surface area contributed by atoms with E-state index in [1.54, 1.807) is 6.20 Å². The van der Waals surface area contributed by atoms with Gasteiger partial charge in [0.15, 0.2) is 11.6 Å². The number of carbonyl (C=O) groups excluding carboxylic acids is 2. The monoisotopic (exact) mass is 299 g/mol. The van der Waals surface area contributed by atoms with Crippen LogP contribution in [0.1, 0.15) is 15.9 Å². The highest BCUT2D eigenvalue weighted by Gasteiger charge is 2.46. The lowest BCUT2D eigenvalue weighted by Gasteiger charge is -2.39. The number of hydrogen-bond acceptors (Lipinski definition) is 3. The molecule has 2 unspecified atom stereocenters. The molecule has 0 bridgehead atoms. The molecular weight excluding hydrogens is 286 g/mol. The number of nitrogens with one attached hydrogen (secondary N) is 1. The minimum atomic E-state index is -0.429. The zero-order chi connectivity index (χ0) is 15.6. The van der Waals surface area contributed by atoms with Gasteiger partial charge in [-0.1, -0.05) is 48.6 Å². The van der Waals surface area contributed by atoms with Crippen LogP contribution in [0.4, 0.5) is 0 Å². The number of dihydropyridines is 1.